The van der Waals surface area contributed by atoms with Gasteiger partial charge in [-0.3, -0.25) is 9.59 Å². The SMILES string of the molecule is Cc1ccc(S(=O)(=O)N2CCC(C(=O)N3CC4C[C@@H](C3)Cn3c4cccc3=O)CC2)cc1. The summed E-state index contributed by atoms with van der Waals surface area (Å²) in [6.07, 6.45) is 2.11. The Balaban J connectivity index is 1.25. The van der Waals surface area contributed by atoms with Crippen LogP contribution in [-0.2, 0) is 21.4 Å². The Labute approximate surface area is 188 Å². The molecule has 0 saturated carbocycles. The molecule has 1 aromatic carbocycles. The molecular weight excluding hydrogens is 426 g/mol. The molecule has 32 heavy (non-hydrogen) atoms. The summed E-state index contributed by atoms with van der Waals surface area (Å²) in [6.45, 7) is 4.65. The van der Waals surface area contributed by atoms with E-state index in [1.807, 2.05) is 34.6 Å². The number of likely N-dealkylation sites (tertiary alicyclic amines) is 1. The summed E-state index contributed by atoms with van der Waals surface area (Å²) in [4.78, 5) is 27.8. The third-order valence-electron chi connectivity index (χ3n) is 7.25. The molecule has 7 nitrogen and oxygen atoms in total. The number of hydrogen-bond donors (Lipinski definition) is 0. The third kappa shape index (κ3) is 3.79. The van der Waals surface area contributed by atoms with Gasteiger partial charge in [-0.2, -0.15) is 4.31 Å². The van der Waals surface area contributed by atoms with Crippen LogP contribution in [0.25, 0.3) is 0 Å². The molecule has 2 fully saturated rings. The van der Waals surface area contributed by atoms with Crippen molar-refractivity contribution in [2.45, 2.75) is 43.5 Å². The first-order chi connectivity index (χ1) is 15.3. The highest BCUT2D eigenvalue weighted by Gasteiger charge is 2.39. The molecule has 0 N–H and O–H groups in total. The maximum absolute atomic E-state index is 13.3. The highest BCUT2D eigenvalue weighted by molar-refractivity contribution is 7.89. The van der Waals surface area contributed by atoms with Gasteiger partial charge in [-0.15, -0.1) is 0 Å². The van der Waals surface area contributed by atoms with Crippen molar-refractivity contribution in [1.29, 1.82) is 0 Å². The van der Waals surface area contributed by atoms with E-state index in [0.29, 0.717) is 56.4 Å². The number of carbonyl (C=O) groups is 1. The Kier molecular flexibility index (Phi) is 5.45. The molecule has 0 radical (unpaired) electrons. The van der Waals surface area contributed by atoms with Crippen molar-refractivity contribution in [1.82, 2.24) is 13.8 Å². The summed E-state index contributed by atoms with van der Waals surface area (Å²) in [6, 6.07) is 12.3. The Bertz CT molecular complexity index is 1180. The zero-order valence-corrected chi connectivity index (χ0v) is 19.1. The largest absolute Gasteiger partial charge is 0.341 e. The number of carbonyl (C=O) groups excluding carboxylic acids is 1. The molecule has 4 heterocycles. The van der Waals surface area contributed by atoms with E-state index in [1.165, 1.54) is 4.31 Å². The Morgan fingerprint density at radius 3 is 2.41 bits per heavy atom. The highest BCUT2D eigenvalue weighted by atomic mass is 32.2. The minimum Gasteiger partial charge on any atom is -0.341 e. The van der Waals surface area contributed by atoms with E-state index in [0.717, 1.165) is 17.7 Å². The predicted molar refractivity (Wildman–Crippen MR) is 121 cm³/mol. The monoisotopic (exact) mass is 455 g/mol. The number of benzene rings is 1. The lowest BCUT2D eigenvalue weighted by atomic mass is 9.82. The van der Waals surface area contributed by atoms with Crippen LogP contribution in [0, 0.1) is 18.8 Å². The normalized spacial score (nSPS) is 24.2. The van der Waals surface area contributed by atoms with E-state index >= 15 is 0 Å². The number of rotatable bonds is 3. The van der Waals surface area contributed by atoms with Crippen LogP contribution in [0.5, 0.6) is 0 Å². The molecule has 2 atom stereocenters. The molecule has 170 valence electrons. The summed E-state index contributed by atoms with van der Waals surface area (Å²) < 4.78 is 29.3. The van der Waals surface area contributed by atoms with Gasteiger partial charge in [0.2, 0.25) is 15.9 Å². The second-order valence-corrected chi connectivity index (χ2v) is 11.4. The lowest BCUT2D eigenvalue weighted by Crippen LogP contribution is -2.52. The Morgan fingerprint density at radius 2 is 1.69 bits per heavy atom. The number of aromatic nitrogens is 1. The maximum Gasteiger partial charge on any atom is 0.250 e. The zero-order chi connectivity index (χ0) is 22.5. The van der Waals surface area contributed by atoms with Crippen LogP contribution in [0.3, 0.4) is 0 Å². The summed E-state index contributed by atoms with van der Waals surface area (Å²) in [7, 11) is -3.53. The number of aryl methyl sites for hydroxylation is 1. The fourth-order valence-electron chi connectivity index (χ4n) is 5.54. The van der Waals surface area contributed by atoms with Gasteiger partial charge in [0.1, 0.15) is 0 Å². The van der Waals surface area contributed by atoms with Crippen LogP contribution in [0.1, 0.15) is 36.4 Å². The van der Waals surface area contributed by atoms with Gasteiger partial charge in [-0.05, 0) is 50.3 Å². The molecule has 5 rings (SSSR count). The van der Waals surface area contributed by atoms with E-state index < -0.39 is 10.0 Å². The minimum atomic E-state index is -3.53. The van der Waals surface area contributed by atoms with Crippen molar-refractivity contribution in [3.63, 3.8) is 0 Å². The second-order valence-electron chi connectivity index (χ2n) is 9.43. The molecule has 3 aliphatic heterocycles. The number of fused-ring (bicyclic) bond motifs is 4. The molecule has 2 saturated heterocycles. The van der Waals surface area contributed by atoms with Crippen LogP contribution in [0.15, 0.2) is 52.2 Å². The molecule has 2 bridgehead atoms. The van der Waals surface area contributed by atoms with Crippen molar-refractivity contribution < 1.29 is 13.2 Å². The fourth-order valence-corrected chi connectivity index (χ4v) is 7.01. The van der Waals surface area contributed by atoms with E-state index in [2.05, 4.69) is 0 Å². The van der Waals surface area contributed by atoms with Crippen molar-refractivity contribution in [3.8, 4) is 0 Å². The number of amides is 1. The van der Waals surface area contributed by atoms with Crippen LogP contribution < -0.4 is 5.56 Å². The molecular formula is C24H29N3O4S. The molecule has 1 amide bonds. The Morgan fingerprint density at radius 1 is 0.969 bits per heavy atom. The topological polar surface area (TPSA) is 79.7 Å². The van der Waals surface area contributed by atoms with Crippen molar-refractivity contribution in [2.75, 3.05) is 26.2 Å². The van der Waals surface area contributed by atoms with Crippen LogP contribution in [0.4, 0.5) is 0 Å². The average molecular weight is 456 g/mol. The van der Waals surface area contributed by atoms with Gasteiger partial charge >= 0.3 is 0 Å². The predicted octanol–water partition coefficient (Wildman–Crippen LogP) is 2.20. The van der Waals surface area contributed by atoms with Gasteiger partial charge in [0, 0.05) is 56.3 Å². The van der Waals surface area contributed by atoms with Gasteiger partial charge in [-0.25, -0.2) is 8.42 Å². The fraction of sp³-hybridized carbons (Fsp3) is 0.500. The lowest BCUT2D eigenvalue weighted by Gasteiger charge is -2.44. The molecule has 1 unspecified atom stereocenters. The standard InChI is InChI=1S/C24H29N3O4S/c1-17-5-7-21(8-6-17)32(30,31)26-11-9-19(10-12-26)24(29)25-14-18-13-20(16-25)22-3-2-4-23(28)27(22)15-18/h2-8,18-20H,9-16H2,1H3/t18-,20?/m0/s1. The van der Waals surface area contributed by atoms with Gasteiger partial charge in [0.25, 0.3) is 5.56 Å². The first-order valence-electron chi connectivity index (χ1n) is 11.4. The molecule has 0 aliphatic carbocycles. The Hall–Kier alpha value is -2.45. The smallest absolute Gasteiger partial charge is 0.250 e. The molecule has 0 spiro atoms. The van der Waals surface area contributed by atoms with Crippen LogP contribution in [-0.4, -0.2) is 54.3 Å². The van der Waals surface area contributed by atoms with Crippen LogP contribution >= 0.6 is 0 Å². The molecule has 8 heteroatoms. The van der Waals surface area contributed by atoms with Gasteiger partial charge in [0.15, 0.2) is 0 Å². The summed E-state index contributed by atoms with van der Waals surface area (Å²) in [5.41, 5.74) is 2.09. The average Bonchev–Trinajstić information content (AvgIpc) is 2.79. The van der Waals surface area contributed by atoms with Crippen molar-refractivity contribution >= 4 is 15.9 Å². The number of piperidine rings is 2. The summed E-state index contributed by atoms with van der Waals surface area (Å²) in [5.74, 6) is 0.490. The number of nitrogens with zero attached hydrogens (tertiary/aromatic N) is 3. The van der Waals surface area contributed by atoms with Gasteiger partial charge in [-0.1, -0.05) is 23.8 Å². The van der Waals surface area contributed by atoms with Crippen molar-refractivity contribution in [2.24, 2.45) is 11.8 Å². The number of hydrogen-bond acceptors (Lipinski definition) is 4. The van der Waals surface area contributed by atoms with E-state index in [1.54, 1.807) is 24.3 Å². The molecule has 1 aromatic heterocycles. The lowest BCUT2D eigenvalue weighted by molar-refractivity contribution is -0.139. The van der Waals surface area contributed by atoms with Gasteiger partial charge < -0.3 is 9.47 Å². The van der Waals surface area contributed by atoms with Crippen molar-refractivity contribution in [3.05, 3.63) is 64.1 Å². The summed E-state index contributed by atoms with van der Waals surface area (Å²) >= 11 is 0. The first-order valence-corrected chi connectivity index (χ1v) is 12.8. The van der Waals surface area contributed by atoms with Gasteiger partial charge in [0.05, 0.1) is 4.90 Å². The van der Waals surface area contributed by atoms with E-state index in [-0.39, 0.29) is 23.3 Å². The van der Waals surface area contributed by atoms with E-state index in [9.17, 15) is 18.0 Å². The third-order valence-corrected chi connectivity index (χ3v) is 9.17. The number of pyridine rings is 1. The summed E-state index contributed by atoms with van der Waals surface area (Å²) in [5, 5.41) is 0. The molecule has 3 aliphatic rings. The zero-order valence-electron chi connectivity index (χ0n) is 18.3. The minimum absolute atomic E-state index is 0.0409. The first kappa shape index (κ1) is 21.4. The number of sulfonamides is 1. The molecule has 2 aromatic rings. The van der Waals surface area contributed by atoms with Crippen LogP contribution in [0.2, 0.25) is 0 Å². The highest BCUT2D eigenvalue weighted by Crippen LogP contribution is 2.36. The quantitative estimate of drug-likeness (QED) is 0.711. The van der Waals surface area contributed by atoms with E-state index in [4.69, 9.17) is 0 Å². The second kappa shape index (κ2) is 8.15. The maximum atomic E-state index is 13.3.